The Morgan fingerprint density at radius 2 is 2.19 bits per heavy atom. The fraction of sp³-hybridized carbons (Fsp3) is 0.400. The van der Waals surface area contributed by atoms with Gasteiger partial charge in [-0.05, 0) is 18.9 Å². The summed E-state index contributed by atoms with van der Waals surface area (Å²) >= 11 is 0. The molecule has 0 spiro atoms. The van der Waals surface area contributed by atoms with Gasteiger partial charge in [0.2, 0.25) is 0 Å². The van der Waals surface area contributed by atoms with Gasteiger partial charge in [0.25, 0.3) is 5.69 Å². The zero-order chi connectivity index (χ0) is 12.0. The molecule has 0 aromatic heterocycles. The molecule has 0 aliphatic carbocycles. The fourth-order valence-electron chi connectivity index (χ4n) is 1.28. The van der Waals surface area contributed by atoms with E-state index in [1.807, 2.05) is 0 Å². The van der Waals surface area contributed by atoms with Gasteiger partial charge >= 0.3 is 0 Å². The van der Waals surface area contributed by atoms with E-state index in [1.54, 1.807) is 6.07 Å². The Morgan fingerprint density at radius 3 is 2.75 bits per heavy atom. The summed E-state index contributed by atoms with van der Waals surface area (Å²) in [6.07, 6.45) is 1.55. The SMILES string of the molecule is Nc1cc([N+](=O)[O-])ccc1NCCCCO. The second kappa shape index (κ2) is 5.92. The highest BCUT2D eigenvalue weighted by Crippen LogP contribution is 2.23. The number of nitrogen functional groups attached to an aromatic ring is 1. The standard InChI is InChI=1S/C10H15N3O3/c11-9-7-8(13(15)16)3-4-10(9)12-5-1-2-6-14/h3-4,7,12,14H,1-2,5-6,11H2. The quantitative estimate of drug-likeness (QED) is 0.293. The second-order valence-electron chi connectivity index (χ2n) is 3.39. The molecule has 88 valence electrons. The predicted molar refractivity (Wildman–Crippen MR) is 62.3 cm³/mol. The normalized spacial score (nSPS) is 10.1. The first kappa shape index (κ1) is 12.3. The monoisotopic (exact) mass is 225 g/mol. The van der Waals surface area contributed by atoms with Crippen LogP contribution in [0.25, 0.3) is 0 Å². The van der Waals surface area contributed by atoms with Gasteiger partial charge in [0.05, 0.1) is 16.3 Å². The number of aliphatic hydroxyl groups is 1. The van der Waals surface area contributed by atoms with E-state index in [4.69, 9.17) is 10.8 Å². The van der Waals surface area contributed by atoms with Crippen molar-refractivity contribution in [1.29, 1.82) is 0 Å². The van der Waals surface area contributed by atoms with E-state index >= 15 is 0 Å². The molecule has 16 heavy (non-hydrogen) atoms. The molecule has 0 fully saturated rings. The van der Waals surface area contributed by atoms with Crippen LogP contribution in [0.5, 0.6) is 0 Å². The largest absolute Gasteiger partial charge is 0.397 e. The Hall–Kier alpha value is -1.82. The van der Waals surface area contributed by atoms with Crippen molar-refractivity contribution in [1.82, 2.24) is 0 Å². The molecule has 6 nitrogen and oxygen atoms in total. The Labute approximate surface area is 93.2 Å². The molecule has 6 heteroatoms. The topological polar surface area (TPSA) is 101 Å². The van der Waals surface area contributed by atoms with Gasteiger partial charge in [-0.3, -0.25) is 10.1 Å². The zero-order valence-electron chi connectivity index (χ0n) is 8.85. The molecule has 0 atom stereocenters. The first-order chi connectivity index (χ1) is 7.65. The van der Waals surface area contributed by atoms with Crippen LogP contribution in [0, 0.1) is 10.1 Å². The molecule has 0 aliphatic heterocycles. The number of aliphatic hydroxyl groups excluding tert-OH is 1. The minimum absolute atomic E-state index is 0.0154. The summed E-state index contributed by atoms with van der Waals surface area (Å²) in [7, 11) is 0. The molecule has 0 bridgehead atoms. The molecule has 4 N–H and O–H groups in total. The van der Waals surface area contributed by atoms with Crippen molar-refractivity contribution < 1.29 is 10.0 Å². The summed E-state index contributed by atoms with van der Waals surface area (Å²) in [6, 6.07) is 4.32. The first-order valence-corrected chi connectivity index (χ1v) is 5.04. The summed E-state index contributed by atoms with van der Waals surface area (Å²) in [4.78, 5) is 9.99. The van der Waals surface area contributed by atoms with Crippen molar-refractivity contribution in [2.75, 3.05) is 24.2 Å². The van der Waals surface area contributed by atoms with Gasteiger partial charge in [-0.15, -0.1) is 0 Å². The molecule has 0 aliphatic rings. The van der Waals surface area contributed by atoms with Crippen LogP contribution in [0.3, 0.4) is 0 Å². The molecule has 1 aromatic carbocycles. The second-order valence-corrected chi connectivity index (χ2v) is 3.39. The highest BCUT2D eigenvalue weighted by Gasteiger charge is 2.07. The van der Waals surface area contributed by atoms with Gasteiger partial charge in [0.15, 0.2) is 0 Å². The third-order valence-electron chi connectivity index (χ3n) is 2.15. The summed E-state index contributed by atoms with van der Waals surface area (Å²) in [6.45, 7) is 0.847. The highest BCUT2D eigenvalue weighted by atomic mass is 16.6. The van der Waals surface area contributed by atoms with E-state index in [-0.39, 0.29) is 12.3 Å². The number of unbranched alkanes of at least 4 members (excludes halogenated alkanes) is 1. The molecule has 0 unspecified atom stereocenters. The van der Waals surface area contributed by atoms with Gasteiger partial charge in [0.1, 0.15) is 0 Å². The number of nitrogens with two attached hydrogens (primary N) is 1. The maximum atomic E-state index is 10.5. The van der Waals surface area contributed by atoms with Gasteiger partial charge in [-0.1, -0.05) is 0 Å². The summed E-state index contributed by atoms with van der Waals surface area (Å²) < 4.78 is 0. The van der Waals surface area contributed by atoms with Crippen LogP contribution in [0.1, 0.15) is 12.8 Å². The predicted octanol–water partition coefficient (Wildman–Crippen LogP) is 1.36. The molecular weight excluding hydrogens is 210 g/mol. The first-order valence-electron chi connectivity index (χ1n) is 5.04. The maximum Gasteiger partial charge on any atom is 0.271 e. The minimum Gasteiger partial charge on any atom is -0.397 e. The molecule has 1 rings (SSSR count). The third-order valence-corrected chi connectivity index (χ3v) is 2.15. The van der Waals surface area contributed by atoms with Crippen molar-refractivity contribution in [2.24, 2.45) is 0 Å². The summed E-state index contributed by atoms with van der Waals surface area (Å²) in [5, 5.41) is 22.1. The Balaban J connectivity index is 2.57. The number of non-ortho nitro benzene ring substituents is 1. The van der Waals surface area contributed by atoms with Crippen LogP contribution in [0.2, 0.25) is 0 Å². The average Bonchev–Trinajstić information content (AvgIpc) is 2.26. The highest BCUT2D eigenvalue weighted by molar-refractivity contribution is 5.69. The number of nitrogens with zero attached hydrogens (tertiary/aromatic N) is 1. The number of anilines is 2. The van der Waals surface area contributed by atoms with Crippen LogP contribution in [-0.4, -0.2) is 23.2 Å². The van der Waals surface area contributed by atoms with Crippen molar-refractivity contribution in [3.63, 3.8) is 0 Å². The molecule has 0 heterocycles. The fourth-order valence-corrected chi connectivity index (χ4v) is 1.28. The molecule has 0 saturated carbocycles. The van der Waals surface area contributed by atoms with Crippen molar-refractivity contribution >= 4 is 17.1 Å². The van der Waals surface area contributed by atoms with E-state index in [1.165, 1.54) is 12.1 Å². The molecule has 0 amide bonds. The van der Waals surface area contributed by atoms with Crippen molar-refractivity contribution in [3.8, 4) is 0 Å². The molecule has 0 radical (unpaired) electrons. The van der Waals surface area contributed by atoms with Crippen molar-refractivity contribution in [3.05, 3.63) is 28.3 Å². The minimum atomic E-state index is -0.480. The van der Waals surface area contributed by atoms with Crippen LogP contribution in [-0.2, 0) is 0 Å². The van der Waals surface area contributed by atoms with Gasteiger partial charge in [-0.2, -0.15) is 0 Å². The van der Waals surface area contributed by atoms with Gasteiger partial charge in [-0.25, -0.2) is 0 Å². The third kappa shape index (κ3) is 3.39. The number of nitro groups is 1. The maximum absolute atomic E-state index is 10.5. The van der Waals surface area contributed by atoms with Gasteiger partial charge < -0.3 is 16.2 Å². The van der Waals surface area contributed by atoms with E-state index in [0.717, 1.165) is 12.8 Å². The number of hydrogen-bond acceptors (Lipinski definition) is 5. The lowest BCUT2D eigenvalue weighted by Crippen LogP contribution is -2.05. The zero-order valence-corrected chi connectivity index (χ0v) is 8.85. The number of rotatable bonds is 6. The Kier molecular flexibility index (Phi) is 4.53. The van der Waals surface area contributed by atoms with Crippen LogP contribution in [0.15, 0.2) is 18.2 Å². The van der Waals surface area contributed by atoms with Gasteiger partial charge in [0, 0.05) is 25.3 Å². The number of nitrogens with one attached hydrogen (secondary N) is 1. The number of benzene rings is 1. The van der Waals surface area contributed by atoms with E-state index < -0.39 is 4.92 Å². The lowest BCUT2D eigenvalue weighted by Gasteiger charge is -2.08. The Morgan fingerprint density at radius 1 is 1.44 bits per heavy atom. The van der Waals surface area contributed by atoms with E-state index in [0.29, 0.717) is 17.9 Å². The van der Waals surface area contributed by atoms with E-state index in [2.05, 4.69) is 5.32 Å². The molecule has 0 saturated heterocycles. The lowest BCUT2D eigenvalue weighted by molar-refractivity contribution is -0.384. The molecular formula is C10H15N3O3. The number of nitro benzene ring substituents is 1. The number of hydrogen-bond donors (Lipinski definition) is 3. The molecule has 1 aromatic rings. The van der Waals surface area contributed by atoms with E-state index in [9.17, 15) is 10.1 Å². The smallest absolute Gasteiger partial charge is 0.271 e. The lowest BCUT2D eigenvalue weighted by atomic mass is 10.2. The Bertz CT molecular complexity index is 368. The summed E-state index contributed by atoms with van der Waals surface area (Å²) in [5.74, 6) is 0. The summed E-state index contributed by atoms with van der Waals surface area (Å²) in [5.41, 5.74) is 6.69. The van der Waals surface area contributed by atoms with Crippen LogP contribution in [0.4, 0.5) is 17.1 Å². The van der Waals surface area contributed by atoms with Crippen molar-refractivity contribution in [2.45, 2.75) is 12.8 Å². The average molecular weight is 225 g/mol. The van der Waals surface area contributed by atoms with Crippen LogP contribution >= 0.6 is 0 Å². The van der Waals surface area contributed by atoms with Crippen LogP contribution < -0.4 is 11.1 Å².